The van der Waals surface area contributed by atoms with Crippen LogP contribution < -0.4 is 4.74 Å². The number of rotatable bonds is 7. The zero-order valence-corrected chi connectivity index (χ0v) is 15.5. The maximum absolute atomic E-state index is 5.98. The number of benzene rings is 2. The molecule has 0 N–H and O–H groups in total. The lowest BCUT2D eigenvalue weighted by Crippen LogP contribution is -2.08. The Kier molecular flexibility index (Phi) is 7.27. The van der Waals surface area contributed by atoms with E-state index in [2.05, 4.69) is 39.0 Å². The van der Waals surface area contributed by atoms with Crippen molar-refractivity contribution in [2.24, 2.45) is 10.9 Å². The van der Waals surface area contributed by atoms with Gasteiger partial charge in [0.15, 0.2) is 0 Å². The molecule has 0 saturated heterocycles. The van der Waals surface area contributed by atoms with Gasteiger partial charge in [-0.2, -0.15) is 0 Å². The summed E-state index contributed by atoms with van der Waals surface area (Å²) in [6, 6.07) is 15.8. The maximum Gasteiger partial charge on any atom is 0.221 e. The fourth-order valence-corrected chi connectivity index (χ4v) is 2.32. The predicted molar refractivity (Wildman–Crippen MR) is 105 cm³/mol. The summed E-state index contributed by atoms with van der Waals surface area (Å²) in [6.45, 7) is 6.98. The van der Waals surface area contributed by atoms with Crippen molar-refractivity contribution in [1.29, 1.82) is 0 Å². The number of nitrogens with zero attached hydrogens (tertiary/aromatic N) is 1. The highest BCUT2D eigenvalue weighted by Crippen LogP contribution is 2.20. The van der Waals surface area contributed by atoms with Crippen LogP contribution in [0.3, 0.4) is 0 Å². The highest BCUT2D eigenvalue weighted by atomic mass is 16.5. The van der Waals surface area contributed by atoms with E-state index < -0.39 is 0 Å². The Hall–Kier alpha value is -2.55. The molecule has 0 heterocycles. The van der Waals surface area contributed by atoms with E-state index in [4.69, 9.17) is 14.5 Å². The minimum absolute atomic E-state index is 0.510. The molecule has 3 heteroatoms. The molecule has 0 unspecified atom stereocenters. The molecule has 3 nitrogen and oxygen atoms in total. The molecule has 0 aliphatic heterocycles. The molecular formula is C22H27NO2. The second kappa shape index (κ2) is 9.67. The van der Waals surface area contributed by atoms with E-state index in [1.807, 2.05) is 42.5 Å². The molecule has 0 atom stereocenters. The Morgan fingerprint density at radius 2 is 1.76 bits per heavy atom. The molecule has 0 bridgehead atoms. The molecule has 2 rings (SSSR count). The molecule has 0 fully saturated rings. The highest BCUT2D eigenvalue weighted by Gasteiger charge is 2.08. The van der Waals surface area contributed by atoms with Crippen LogP contribution in [0, 0.1) is 12.8 Å². The molecule has 0 amide bonds. The Morgan fingerprint density at radius 3 is 2.40 bits per heavy atom. The molecule has 0 spiro atoms. The summed E-state index contributed by atoms with van der Waals surface area (Å²) in [6.07, 6.45) is 5.27. The Morgan fingerprint density at radius 1 is 1.04 bits per heavy atom. The summed E-state index contributed by atoms with van der Waals surface area (Å²) in [4.78, 5) is 4.70. The smallest absolute Gasteiger partial charge is 0.221 e. The van der Waals surface area contributed by atoms with Crippen LogP contribution in [0.25, 0.3) is 0 Å². The summed E-state index contributed by atoms with van der Waals surface area (Å²) in [5.74, 6) is 2.10. The third-order valence-corrected chi connectivity index (χ3v) is 3.77. The van der Waals surface area contributed by atoms with Crippen LogP contribution in [0.4, 0.5) is 5.69 Å². The molecule has 0 aromatic heterocycles. The number of aliphatic imine (C=N–C) groups is 1. The SMILES string of the molecule is COc1ccc(N=C(OC/C=C\CC(C)C)c2ccccc2C)cc1. The van der Waals surface area contributed by atoms with E-state index in [1.54, 1.807) is 7.11 Å². The van der Waals surface area contributed by atoms with Crippen molar-refractivity contribution in [2.75, 3.05) is 13.7 Å². The van der Waals surface area contributed by atoms with E-state index >= 15 is 0 Å². The normalized spacial score (nSPS) is 12.0. The van der Waals surface area contributed by atoms with Crippen LogP contribution >= 0.6 is 0 Å². The zero-order valence-electron chi connectivity index (χ0n) is 15.5. The zero-order chi connectivity index (χ0) is 18.1. The summed E-state index contributed by atoms with van der Waals surface area (Å²) >= 11 is 0. The fraction of sp³-hybridized carbons (Fsp3) is 0.318. The number of ether oxygens (including phenoxy) is 2. The lowest BCUT2D eigenvalue weighted by molar-refractivity contribution is 0.351. The molecule has 132 valence electrons. The van der Waals surface area contributed by atoms with E-state index in [-0.39, 0.29) is 0 Å². The average Bonchev–Trinajstić information content (AvgIpc) is 2.61. The van der Waals surface area contributed by atoms with Crippen molar-refractivity contribution in [1.82, 2.24) is 0 Å². The van der Waals surface area contributed by atoms with Crippen molar-refractivity contribution in [3.8, 4) is 5.75 Å². The first-order valence-corrected chi connectivity index (χ1v) is 8.66. The third-order valence-electron chi connectivity index (χ3n) is 3.77. The van der Waals surface area contributed by atoms with Gasteiger partial charge in [-0.1, -0.05) is 44.2 Å². The van der Waals surface area contributed by atoms with Crippen molar-refractivity contribution in [3.63, 3.8) is 0 Å². The first-order valence-electron chi connectivity index (χ1n) is 8.66. The minimum atomic E-state index is 0.510. The van der Waals surface area contributed by atoms with Crippen LogP contribution in [0.1, 0.15) is 31.4 Å². The van der Waals surface area contributed by atoms with Gasteiger partial charge in [-0.3, -0.25) is 0 Å². The number of allylic oxidation sites excluding steroid dienone is 1. The Bertz CT molecular complexity index is 715. The maximum atomic E-state index is 5.98. The largest absolute Gasteiger partial charge is 0.497 e. The molecular weight excluding hydrogens is 310 g/mol. The van der Waals surface area contributed by atoms with Crippen molar-refractivity contribution in [2.45, 2.75) is 27.2 Å². The van der Waals surface area contributed by atoms with Gasteiger partial charge in [0.25, 0.3) is 0 Å². The second-order valence-corrected chi connectivity index (χ2v) is 6.34. The summed E-state index contributed by atoms with van der Waals surface area (Å²) in [5.41, 5.74) is 2.99. The van der Waals surface area contributed by atoms with Crippen LogP contribution in [0.15, 0.2) is 65.7 Å². The van der Waals surface area contributed by atoms with Crippen LogP contribution in [-0.2, 0) is 4.74 Å². The average molecular weight is 337 g/mol. The van der Waals surface area contributed by atoms with Gasteiger partial charge in [0.2, 0.25) is 5.90 Å². The standard InChI is InChI=1S/C22H27NO2/c1-17(2)9-7-8-16-25-22(21-11-6-5-10-18(21)3)23-19-12-14-20(24-4)15-13-19/h5-8,10-15,17H,9,16H2,1-4H3/b8-7-,23-22?. The van der Waals surface area contributed by atoms with Gasteiger partial charge < -0.3 is 9.47 Å². The number of methoxy groups -OCH3 is 1. The minimum Gasteiger partial charge on any atom is -0.497 e. The van der Waals surface area contributed by atoms with E-state index in [9.17, 15) is 0 Å². The number of aryl methyl sites for hydroxylation is 1. The quantitative estimate of drug-likeness (QED) is 0.368. The Balaban J connectivity index is 2.21. The van der Waals surface area contributed by atoms with Crippen molar-refractivity contribution >= 4 is 11.6 Å². The molecule has 2 aromatic rings. The Labute approximate surface area is 151 Å². The van der Waals surface area contributed by atoms with Crippen molar-refractivity contribution in [3.05, 3.63) is 71.8 Å². The molecule has 0 aliphatic rings. The van der Waals surface area contributed by atoms with Gasteiger partial charge in [-0.05, 0) is 55.2 Å². The topological polar surface area (TPSA) is 30.8 Å². The fourth-order valence-electron chi connectivity index (χ4n) is 2.32. The van der Waals surface area contributed by atoms with Gasteiger partial charge >= 0.3 is 0 Å². The van der Waals surface area contributed by atoms with Crippen LogP contribution in [0.2, 0.25) is 0 Å². The van der Waals surface area contributed by atoms with Crippen molar-refractivity contribution < 1.29 is 9.47 Å². The van der Waals surface area contributed by atoms with E-state index in [0.717, 1.165) is 29.0 Å². The molecule has 0 saturated carbocycles. The first kappa shape index (κ1) is 18.8. The summed E-state index contributed by atoms with van der Waals surface area (Å²) in [7, 11) is 1.66. The molecule has 2 aromatic carbocycles. The van der Waals surface area contributed by atoms with Crippen LogP contribution in [0.5, 0.6) is 5.75 Å². The second-order valence-electron chi connectivity index (χ2n) is 6.34. The van der Waals surface area contributed by atoms with Gasteiger partial charge in [0.05, 0.1) is 12.8 Å². The summed E-state index contributed by atoms with van der Waals surface area (Å²) in [5, 5.41) is 0. The van der Waals surface area contributed by atoms with Crippen LogP contribution in [-0.4, -0.2) is 19.6 Å². The number of hydrogen-bond acceptors (Lipinski definition) is 3. The first-order chi connectivity index (χ1) is 12.1. The molecule has 25 heavy (non-hydrogen) atoms. The van der Waals surface area contributed by atoms with Gasteiger partial charge in [0, 0.05) is 5.56 Å². The third kappa shape index (κ3) is 6.11. The van der Waals surface area contributed by atoms with E-state index in [1.165, 1.54) is 0 Å². The lowest BCUT2D eigenvalue weighted by Gasteiger charge is -2.11. The predicted octanol–water partition coefficient (Wildman–Crippen LogP) is 5.70. The van der Waals surface area contributed by atoms with Gasteiger partial charge in [0.1, 0.15) is 12.4 Å². The summed E-state index contributed by atoms with van der Waals surface area (Å²) < 4.78 is 11.2. The number of hydrogen-bond donors (Lipinski definition) is 0. The molecule has 0 aliphatic carbocycles. The molecule has 0 radical (unpaired) electrons. The van der Waals surface area contributed by atoms with E-state index in [0.29, 0.717) is 18.4 Å². The monoisotopic (exact) mass is 337 g/mol. The van der Waals surface area contributed by atoms with Gasteiger partial charge in [-0.25, -0.2) is 4.99 Å². The lowest BCUT2D eigenvalue weighted by atomic mass is 10.1. The van der Waals surface area contributed by atoms with Gasteiger partial charge in [-0.15, -0.1) is 0 Å². The highest BCUT2D eigenvalue weighted by molar-refractivity contribution is 5.97.